The van der Waals surface area contributed by atoms with Crippen molar-refractivity contribution in [1.29, 1.82) is 0 Å². The van der Waals surface area contributed by atoms with E-state index < -0.39 is 5.54 Å². The van der Waals surface area contributed by atoms with Gasteiger partial charge in [0.1, 0.15) is 12.1 Å². The van der Waals surface area contributed by atoms with Crippen molar-refractivity contribution >= 4 is 30.7 Å². The molecule has 1 atom stereocenters. The van der Waals surface area contributed by atoms with E-state index in [0.29, 0.717) is 23.8 Å². The molecule has 3 N–H and O–H groups in total. The Morgan fingerprint density at radius 2 is 2.08 bits per heavy atom. The van der Waals surface area contributed by atoms with Crippen molar-refractivity contribution in [2.75, 3.05) is 6.54 Å². The number of hydrogen-bond donors (Lipinski definition) is 2. The van der Waals surface area contributed by atoms with Gasteiger partial charge in [-0.1, -0.05) is 13.8 Å². The van der Waals surface area contributed by atoms with E-state index in [4.69, 9.17) is 5.73 Å². The van der Waals surface area contributed by atoms with Crippen molar-refractivity contribution in [3.05, 3.63) is 42.6 Å². The summed E-state index contributed by atoms with van der Waals surface area (Å²) in [7, 11) is 0. The maximum atomic E-state index is 12.5. The van der Waals surface area contributed by atoms with Gasteiger partial charge >= 0.3 is 0 Å². The van der Waals surface area contributed by atoms with E-state index in [1.54, 1.807) is 41.6 Å². The summed E-state index contributed by atoms with van der Waals surface area (Å²) in [6.07, 6.45) is 7.54. The van der Waals surface area contributed by atoms with Crippen LogP contribution in [0.5, 0.6) is 0 Å². The first-order valence-corrected chi connectivity index (χ1v) is 7.40. The molecule has 2 rings (SSSR count). The number of carbonyl (C=O) groups excluding carboxylic acids is 1. The molecule has 24 heavy (non-hydrogen) atoms. The first-order chi connectivity index (χ1) is 10.4. The molecule has 0 aliphatic carbocycles. The highest BCUT2D eigenvalue weighted by molar-refractivity contribution is 5.95. The van der Waals surface area contributed by atoms with Crippen molar-refractivity contribution in [2.45, 2.75) is 32.7 Å². The number of pyridine rings is 1. The van der Waals surface area contributed by atoms with E-state index in [1.165, 1.54) is 0 Å². The van der Waals surface area contributed by atoms with Gasteiger partial charge < -0.3 is 11.1 Å². The minimum atomic E-state index is -0.413. The van der Waals surface area contributed by atoms with Crippen molar-refractivity contribution in [2.24, 2.45) is 11.7 Å². The van der Waals surface area contributed by atoms with Crippen LogP contribution in [0.15, 0.2) is 37.1 Å². The quantitative estimate of drug-likeness (QED) is 0.814. The number of hydrogen-bond acceptors (Lipinski definition) is 4. The molecule has 0 aromatic carbocycles. The lowest BCUT2D eigenvalue weighted by atomic mass is 9.90. The Kier molecular flexibility index (Phi) is 8.96. The summed E-state index contributed by atoms with van der Waals surface area (Å²) in [4.78, 5) is 20.7. The van der Waals surface area contributed by atoms with E-state index in [1.807, 2.05) is 6.92 Å². The van der Waals surface area contributed by atoms with Crippen LogP contribution in [-0.4, -0.2) is 32.5 Å². The van der Waals surface area contributed by atoms with Gasteiger partial charge in [0.25, 0.3) is 5.91 Å². The van der Waals surface area contributed by atoms with Crippen molar-refractivity contribution in [3.8, 4) is 5.82 Å². The number of aromatic nitrogens is 3. The Hall–Kier alpha value is -1.63. The molecule has 134 valence electrons. The van der Waals surface area contributed by atoms with Crippen molar-refractivity contribution < 1.29 is 4.79 Å². The fourth-order valence-electron chi connectivity index (χ4n) is 2.53. The highest BCUT2D eigenvalue weighted by Gasteiger charge is 2.26. The summed E-state index contributed by atoms with van der Waals surface area (Å²) < 4.78 is 1.76. The minimum Gasteiger partial charge on any atom is -0.346 e. The van der Waals surface area contributed by atoms with E-state index in [-0.39, 0.29) is 30.7 Å². The number of halogens is 2. The summed E-state index contributed by atoms with van der Waals surface area (Å²) in [6, 6.07) is 3.44. The fraction of sp³-hybridized carbons (Fsp3) is 0.438. The maximum Gasteiger partial charge on any atom is 0.251 e. The molecular weight excluding hydrogens is 349 g/mol. The topological polar surface area (TPSA) is 85.8 Å². The van der Waals surface area contributed by atoms with Crippen LogP contribution < -0.4 is 11.1 Å². The monoisotopic (exact) mass is 373 g/mol. The van der Waals surface area contributed by atoms with Crippen LogP contribution in [-0.2, 0) is 0 Å². The molecule has 0 aliphatic rings. The number of nitrogens with zero attached hydrogens (tertiary/aromatic N) is 3. The van der Waals surface area contributed by atoms with E-state index in [9.17, 15) is 4.79 Å². The van der Waals surface area contributed by atoms with Gasteiger partial charge in [-0.05, 0) is 31.4 Å². The molecule has 0 fully saturated rings. The van der Waals surface area contributed by atoms with E-state index >= 15 is 0 Å². The van der Waals surface area contributed by atoms with Crippen LogP contribution >= 0.6 is 24.8 Å². The van der Waals surface area contributed by atoms with Crippen molar-refractivity contribution in [3.63, 3.8) is 0 Å². The van der Waals surface area contributed by atoms with Crippen LogP contribution in [0.3, 0.4) is 0 Å². The highest BCUT2D eigenvalue weighted by Crippen LogP contribution is 2.16. The smallest absolute Gasteiger partial charge is 0.251 e. The zero-order valence-corrected chi connectivity index (χ0v) is 15.7. The number of rotatable bonds is 6. The molecule has 2 aromatic heterocycles. The van der Waals surface area contributed by atoms with Crippen LogP contribution in [0, 0.1) is 5.92 Å². The van der Waals surface area contributed by atoms with Gasteiger partial charge in [-0.2, -0.15) is 0 Å². The third kappa shape index (κ3) is 5.78. The van der Waals surface area contributed by atoms with Gasteiger partial charge in [-0.15, -0.1) is 24.8 Å². The maximum absolute atomic E-state index is 12.5. The number of nitrogens with one attached hydrogen (secondary N) is 1. The number of carbonyl (C=O) groups is 1. The summed E-state index contributed by atoms with van der Waals surface area (Å²) in [5, 5.41) is 3.05. The molecule has 6 nitrogen and oxygen atoms in total. The lowest BCUT2D eigenvalue weighted by molar-refractivity contribution is 0.0898. The van der Waals surface area contributed by atoms with Crippen LogP contribution in [0.2, 0.25) is 0 Å². The second kappa shape index (κ2) is 9.61. The third-order valence-electron chi connectivity index (χ3n) is 3.50. The number of imidazole rings is 1. The molecule has 0 bridgehead atoms. The summed E-state index contributed by atoms with van der Waals surface area (Å²) >= 11 is 0. The van der Waals surface area contributed by atoms with Gasteiger partial charge in [0.05, 0.1) is 0 Å². The zero-order valence-electron chi connectivity index (χ0n) is 14.1. The second-order valence-corrected chi connectivity index (χ2v) is 6.19. The lowest BCUT2D eigenvalue weighted by Gasteiger charge is -2.31. The molecule has 0 saturated heterocycles. The predicted octanol–water partition coefficient (Wildman–Crippen LogP) is 2.60. The van der Waals surface area contributed by atoms with Crippen LogP contribution in [0.25, 0.3) is 5.82 Å². The van der Waals surface area contributed by atoms with Gasteiger partial charge in [0.2, 0.25) is 0 Å². The first-order valence-electron chi connectivity index (χ1n) is 7.40. The van der Waals surface area contributed by atoms with Gasteiger partial charge in [0, 0.05) is 36.2 Å². The fourth-order valence-corrected chi connectivity index (χ4v) is 2.53. The molecule has 1 unspecified atom stereocenters. The Bertz CT molecular complexity index is 633. The molecule has 0 saturated carbocycles. The Morgan fingerprint density at radius 3 is 2.62 bits per heavy atom. The summed E-state index contributed by atoms with van der Waals surface area (Å²) in [5.74, 6) is 0.966. The number of nitrogens with two attached hydrogens (primary N) is 1. The van der Waals surface area contributed by atoms with Crippen LogP contribution in [0.1, 0.15) is 37.6 Å². The third-order valence-corrected chi connectivity index (χ3v) is 3.50. The number of amides is 1. The minimum absolute atomic E-state index is 0. The second-order valence-electron chi connectivity index (χ2n) is 6.19. The molecule has 0 radical (unpaired) electrons. The molecule has 0 aliphatic heterocycles. The first kappa shape index (κ1) is 22.4. The largest absolute Gasteiger partial charge is 0.346 e. The summed E-state index contributed by atoms with van der Waals surface area (Å²) in [5.41, 5.74) is 5.99. The molecule has 2 aromatic rings. The Balaban J connectivity index is 0.00000264. The average Bonchev–Trinajstić information content (AvgIpc) is 3.00. The average molecular weight is 374 g/mol. The van der Waals surface area contributed by atoms with Gasteiger partial charge in [-0.3, -0.25) is 9.36 Å². The lowest BCUT2D eigenvalue weighted by Crippen LogP contribution is -2.52. The normalized spacial score (nSPS) is 12.7. The van der Waals surface area contributed by atoms with Gasteiger partial charge in [0.15, 0.2) is 0 Å². The predicted molar refractivity (Wildman–Crippen MR) is 100 cm³/mol. The zero-order chi connectivity index (χ0) is 16.2. The summed E-state index contributed by atoms with van der Waals surface area (Å²) in [6.45, 7) is 6.60. The van der Waals surface area contributed by atoms with E-state index in [2.05, 4.69) is 29.1 Å². The molecule has 8 heteroatoms. The SMILES string of the molecule is CC(C)CC(C)(CN)NC(=O)c1ccnc(-n2ccnc2)c1.Cl.Cl. The Morgan fingerprint density at radius 1 is 1.38 bits per heavy atom. The van der Waals surface area contributed by atoms with Gasteiger partial charge in [-0.25, -0.2) is 9.97 Å². The highest BCUT2D eigenvalue weighted by atomic mass is 35.5. The molecule has 0 spiro atoms. The van der Waals surface area contributed by atoms with Crippen LogP contribution in [0.4, 0.5) is 0 Å². The molecular formula is C16H25Cl2N5O. The molecule has 2 heterocycles. The van der Waals surface area contributed by atoms with E-state index in [0.717, 1.165) is 6.42 Å². The standard InChI is InChI=1S/C16H23N5O.2ClH/c1-12(2)9-16(3,10-17)20-15(22)13-4-5-19-14(8-13)21-7-6-18-11-21;;/h4-8,11-12H,9-10,17H2,1-3H3,(H,20,22);2*1H. The Labute approximate surface area is 155 Å². The molecule has 1 amide bonds. The van der Waals surface area contributed by atoms with Crippen molar-refractivity contribution in [1.82, 2.24) is 19.9 Å².